The lowest BCUT2D eigenvalue weighted by molar-refractivity contribution is -0.0310. The molecule has 2 aromatic rings. The lowest BCUT2D eigenvalue weighted by atomic mass is 9.91. The van der Waals surface area contributed by atoms with Crippen LogP contribution in [0.4, 0.5) is 4.39 Å². The Hall–Kier alpha value is -1.92. The van der Waals surface area contributed by atoms with E-state index in [2.05, 4.69) is 15.5 Å². The van der Waals surface area contributed by atoms with E-state index in [0.717, 1.165) is 55.7 Å². The van der Waals surface area contributed by atoms with Gasteiger partial charge in [-0.15, -0.1) is 0 Å². The molecule has 0 bridgehead atoms. The van der Waals surface area contributed by atoms with E-state index in [9.17, 15) is 4.39 Å². The molecule has 1 aliphatic carbocycles. The highest BCUT2D eigenvalue weighted by Crippen LogP contribution is 2.37. The number of rotatable bonds is 5. The van der Waals surface area contributed by atoms with Crippen molar-refractivity contribution in [3.8, 4) is 5.75 Å². The first-order valence-corrected chi connectivity index (χ1v) is 8.97. The summed E-state index contributed by atoms with van der Waals surface area (Å²) in [5.41, 5.74) is 2.89. The van der Waals surface area contributed by atoms with Gasteiger partial charge in [0.05, 0.1) is 12.8 Å². The third kappa shape index (κ3) is 3.16. The normalized spacial score (nSPS) is 25.8. The van der Waals surface area contributed by atoms with Gasteiger partial charge in [0.2, 0.25) is 0 Å². The van der Waals surface area contributed by atoms with Gasteiger partial charge in [-0.2, -0.15) is 5.10 Å². The highest BCUT2D eigenvalue weighted by atomic mass is 19.1. The molecular weight excluding hydrogens is 321 g/mol. The Morgan fingerprint density at radius 2 is 2.28 bits per heavy atom. The predicted molar refractivity (Wildman–Crippen MR) is 92.0 cm³/mol. The number of methoxy groups -OCH3 is 1. The third-order valence-electron chi connectivity index (χ3n) is 5.42. The van der Waals surface area contributed by atoms with Gasteiger partial charge < -0.3 is 14.8 Å². The van der Waals surface area contributed by atoms with Crippen molar-refractivity contribution >= 4 is 0 Å². The minimum atomic E-state index is -0.208. The summed E-state index contributed by atoms with van der Waals surface area (Å²) in [4.78, 5) is 0. The Morgan fingerprint density at radius 3 is 3.08 bits per heavy atom. The summed E-state index contributed by atoms with van der Waals surface area (Å²) in [6.07, 6.45) is 5.68. The van der Waals surface area contributed by atoms with E-state index >= 15 is 0 Å². The average molecular weight is 345 g/mol. The van der Waals surface area contributed by atoms with Gasteiger partial charge in [0.1, 0.15) is 6.10 Å². The van der Waals surface area contributed by atoms with Gasteiger partial charge in [0.15, 0.2) is 11.6 Å². The van der Waals surface area contributed by atoms with Crippen LogP contribution in [0.3, 0.4) is 0 Å². The molecule has 0 spiro atoms. The van der Waals surface area contributed by atoms with Crippen LogP contribution in [0.1, 0.15) is 48.2 Å². The zero-order valence-corrected chi connectivity index (χ0v) is 14.4. The van der Waals surface area contributed by atoms with Crippen molar-refractivity contribution in [1.29, 1.82) is 0 Å². The topological polar surface area (TPSA) is 59.2 Å². The van der Waals surface area contributed by atoms with Crippen LogP contribution in [-0.2, 0) is 11.2 Å². The first-order valence-electron chi connectivity index (χ1n) is 8.97. The van der Waals surface area contributed by atoms with E-state index in [1.807, 2.05) is 12.1 Å². The minimum Gasteiger partial charge on any atom is -0.494 e. The average Bonchev–Trinajstić information content (AvgIpc) is 3.31. The summed E-state index contributed by atoms with van der Waals surface area (Å²) < 4.78 is 25.5. The first-order chi connectivity index (χ1) is 12.3. The van der Waals surface area contributed by atoms with Gasteiger partial charge in [-0.05, 0) is 48.9 Å². The van der Waals surface area contributed by atoms with E-state index in [1.54, 1.807) is 12.3 Å². The van der Waals surface area contributed by atoms with E-state index < -0.39 is 0 Å². The summed E-state index contributed by atoms with van der Waals surface area (Å²) in [6.45, 7) is 1.64. The lowest BCUT2D eigenvalue weighted by Crippen LogP contribution is -2.33. The van der Waals surface area contributed by atoms with Crippen LogP contribution in [0.5, 0.6) is 5.75 Å². The number of aromatic nitrogens is 2. The third-order valence-corrected chi connectivity index (χ3v) is 5.42. The fraction of sp³-hybridized carbons (Fsp3) is 0.526. The van der Waals surface area contributed by atoms with Crippen molar-refractivity contribution in [2.75, 3.05) is 20.3 Å². The van der Waals surface area contributed by atoms with E-state index in [1.165, 1.54) is 7.11 Å². The zero-order valence-electron chi connectivity index (χ0n) is 14.4. The smallest absolute Gasteiger partial charge is 0.168 e. The molecule has 0 amide bonds. The van der Waals surface area contributed by atoms with Crippen LogP contribution >= 0.6 is 0 Å². The summed E-state index contributed by atoms with van der Waals surface area (Å²) in [5, 5.41) is 10.7. The molecule has 0 saturated carbocycles. The second kappa shape index (κ2) is 7.14. The Balaban J connectivity index is 1.45. The number of H-pyrrole nitrogens is 1. The molecule has 3 atom stereocenters. The van der Waals surface area contributed by atoms with Crippen molar-refractivity contribution < 1.29 is 13.9 Å². The van der Waals surface area contributed by atoms with Gasteiger partial charge in [-0.25, -0.2) is 4.39 Å². The Labute approximate surface area is 146 Å². The highest BCUT2D eigenvalue weighted by Gasteiger charge is 2.31. The molecular formula is C19H24FN3O2. The van der Waals surface area contributed by atoms with Crippen LogP contribution < -0.4 is 10.1 Å². The maximum Gasteiger partial charge on any atom is 0.168 e. The fourth-order valence-electron chi connectivity index (χ4n) is 4.12. The summed E-state index contributed by atoms with van der Waals surface area (Å²) >= 11 is 0. The van der Waals surface area contributed by atoms with Crippen molar-refractivity contribution in [2.45, 2.75) is 37.8 Å². The van der Waals surface area contributed by atoms with E-state index in [0.29, 0.717) is 11.7 Å². The summed E-state index contributed by atoms with van der Waals surface area (Å²) in [6, 6.07) is 5.90. The van der Waals surface area contributed by atoms with Crippen LogP contribution in [0.15, 0.2) is 24.4 Å². The standard InChI is InChI=1S/C19H24FN3O2/c1-24-17-7-5-13-14(18(17)20)4-6-15(13)21-11-12-3-2-10-25-19(12)16-8-9-22-23-16/h5,7-9,12,15,19,21H,2-4,6,10-11H2,1H3,(H,22,23)/t12-,15?,19+/m0/s1. The zero-order chi connectivity index (χ0) is 17.2. The first kappa shape index (κ1) is 16.5. The molecule has 1 fully saturated rings. The molecule has 1 unspecified atom stereocenters. The molecule has 134 valence electrons. The molecule has 1 aromatic heterocycles. The summed E-state index contributed by atoms with van der Waals surface area (Å²) in [7, 11) is 1.51. The Morgan fingerprint density at radius 1 is 1.36 bits per heavy atom. The number of fused-ring (bicyclic) bond motifs is 1. The molecule has 2 heterocycles. The number of halogens is 1. The highest BCUT2D eigenvalue weighted by molar-refractivity contribution is 5.42. The number of nitrogens with one attached hydrogen (secondary N) is 2. The SMILES string of the molecule is COc1ccc2c(c1F)CCC2NC[C@@H]1CCCO[C@H]1c1ccn[nH]1. The number of hydrogen-bond donors (Lipinski definition) is 2. The van der Waals surface area contributed by atoms with E-state index in [4.69, 9.17) is 9.47 Å². The van der Waals surface area contributed by atoms with Gasteiger partial charge in [0, 0.05) is 31.3 Å². The van der Waals surface area contributed by atoms with Gasteiger partial charge in [-0.3, -0.25) is 5.10 Å². The molecule has 1 saturated heterocycles. The van der Waals surface area contributed by atoms with Crippen molar-refractivity contribution in [3.63, 3.8) is 0 Å². The Bertz CT molecular complexity index is 720. The molecule has 1 aromatic carbocycles. The number of ether oxygens (including phenoxy) is 2. The maximum absolute atomic E-state index is 14.4. The van der Waals surface area contributed by atoms with Crippen LogP contribution in [0.25, 0.3) is 0 Å². The van der Waals surface area contributed by atoms with Crippen molar-refractivity contribution in [2.24, 2.45) is 5.92 Å². The summed E-state index contributed by atoms with van der Waals surface area (Å²) in [5.74, 6) is 0.515. The molecule has 0 radical (unpaired) electrons. The largest absolute Gasteiger partial charge is 0.494 e. The quantitative estimate of drug-likeness (QED) is 0.873. The lowest BCUT2D eigenvalue weighted by Gasteiger charge is -2.32. The second-order valence-corrected chi connectivity index (χ2v) is 6.85. The van der Waals surface area contributed by atoms with Gasteiger partial charge in [-0.1, -0.05) is 6.07 Å². The molecule has 4 rings (SSSR count). The molecule has 1 aliphatic heterocycles. The fourth-order valence-corrected chi connectivity index (χ4v) is 4.12. The van der Waals surface area contributed by atoms with Crippen LogP contribution in [0.2, 0.25) is 0 Å². The maximum atomic E-state index is 14.4. The number of nitrogens with zero attached hydrogens (tertiary/aromatic N) is 1. The second-order valence-electron chi connectivity index (χ2n) is 6.85. The predicted octanol–water partition coefficient (Wildman–Crippen LogP) is 3.30. The number of hydrogen-bond acceptors (Lipinski definition) is 4. The molecule has 5 nitrogen and oxygen atoms in total. The van der Waals surface area contributed by atoms with Crippen LogP contribution in [0, 0.1) is 11.7 Å². The molecule has 6 heteroatoms. The molecule has 2 aliphatic rings. The molecule has 2 N–H and O–H groups in total. The van der Waals surface area contributed by atoms with E-state index in [-0.39, 0.29) is 18.0 Å². The van der Waals surface area contributed by atoms with Gasteiger partial charge >= 0.3 is 0 Å². The van der Waals surface area contributed by atoms with Gasteiger partial charge in [0.25, 0.3) is 0 Å². The minimum absolute atomic E-state index is 0.0530. The monoisotopic (exact) mass is 345 g/mol. The number of aromatic amines is 1. The Kier molecular flexibility index (Phi) is 4.72. The van der Waals surface area contributed by atoms with Crippen molar-refractivity contribution in [3.05, 3.63) is 47.0 Å². The molecule has 25 heavy (non-hydrogen) atoms. The van der Waals surface area contributed by atoms with Crippen molar-refractivity contribution in [1.82, 2.24) is 15.5 Å². The number of benzene rings is 1. The van der Waals surface area contributed by atoms with Crippen LogP contribution in [-0.4, -0.2) is 30.5 Å².